The lowest BCUT2D eigenvalue weighted by Crippen LogP contribution is -2.12. The van der Waals surface area contributed by atoms with Gasteiger partial charge in [-0.15, -0.1) is 22.7 Å². The molecule has 2 heteroatoms. The van der Waals surface area contributed by atoms with Gasteiger partial charge in [0.15, 0.2) is 0 Å². The Labute approximate surface area is 166 Å². The van der Waals surface area contributed by atoms with Crippen molar-refractivity contribution in [3.05, 3.63) is 46.8 Å². The standard InChI is InChI=1S/C24H30S2/c1-3-4-18-9-12-20(13-10-18)22-16-24-23(26-22)15-21(25-24)14-11-19-7-5-17(2)6-8-19/h9-10,12-13,15-17,19H,3-8,11,14H2,1-2H3. The molecule has 0 nitrogen and oxygen atoms in total. The molecule has 2 heterocycles. The highest BCUT2D eigenvalue weighted by Gasteiger charge is 2.18. The maximum absolute atomic E-state index is 2.46. The van der Waals surface area contributed by atoms with E-state index in [4.69, 9.17) is 0 Å². The van der Waals surface area contributed by atoms with E-state index in [1.54, 1.807) is 4.88 Å². The quantitative estimate of drug-likeness (QED) is 0.402. The van der Waals surface area contributed by atoms with Crippen LogP contribution in [0, 0.1) is 11.8 Å². The molecule has 0 atom stereocenters. The fourth-order valence-corrected chi connectivity index (χ4v) is 6.68. The Kier molecular flexibility index (Phi) is 5.81. The first-order chi connectivity index (χ1) is 12.7. The van der Waals surface area contributed by atoms with Gasteiger partial charge in [-0.05, 0) is 54.4 Å². The first-order valence-electron chi connectivity index (χ1n) is 10.3. The van der Waals surface area contributed by atoms with Crippen molar-refractivity contribution >= 4 is 32.1 Å². The molecule has 0 N–H and O–H groups in total. The third-order valence-corrected chi connectivity index (χ3v) is 8.37. The number of hydrogen-bond donors (Lipinski definition) is 0. The van der Waals surface area contributed by atoms with E-state index >= 15 is 0 Å². The molecular weight excluding hydrogens is 352 g/mol. The summed E-state index contributed by atoms with van der Waals surface area (Å²) in [6.07, 6.45) is 10.9. The van der Waals surface area contributed by atoms with E-state index in [1.165, 1.54) is 76.8 Å². The van der Waals surface area contributed by atoms with E-state index in [1.807, 2.05) is 22.7 Å². The smallest absolute Gasteiger partial charge is 0.0460 e. The van der Waals surface area contributed by atoms with E-state index in [0.29, 0.717) is 0 Å². The molecular formula is C24H30S2. The van der Waals surface area contributed by atoms with Crippen LogP contribution < -0.4 is 0 Å². The van der Waals surface area contributed by atoms with Crippen LogP contribution >= 0.6 is 22.7 Å². The van der Waals surface area contributed by atoms with Gasteiger partial charge in [-0.3, -0.25) is 0 Å². The van der Waals surface area contributed by atoms with Gasteiger partial charge < -0.3 is 0 Å². The average molecular weight is 383 g/mol. The first-order valence-corrected chi connectivity index (χ1v) is 12.0. The largest absolute Gasteiger partial charge is 0.139 e. The molecule has 0 saturated heterocycles. The van der Waals surface area contributed by atoms with Crippen LogP contribution in [0.2, 0.25) is 0 Å². The summed E-state index contributed by atoms with van der Waals surface area (Å²) in [5.74, 6) is 1.94. The summed E-state index contributed by atoms with van der Waals surface area (Å²) in [5.41, 5.74) is 2.82. The van der Waals surface area contributed by atoms with Gasteiger partial charge in [0.25, 0.3) is 0 Å². The van der Waals surface area contributed by atoms with Crippen LogP contribution in [0.1, 0.15) is 62.8 Å². The summed E-state index contributed by atoms with van der Waals surface area (Å²) in [4.78, 5) is 3.01. The van der Waals surface area contributed by atoms with E-state index in [-0.39, 0.29) is 0 Å². The Morgan fingerprint density at radius 2 is 1.62 bits per heavy atom. The van der Waals surface area contributed by atoms with Gasteiger partial charge in [0.05, 0.1) is 0 Å². The summed E-state index contributed by atoms with van der Waals surface area (Å²) in [6, 6.07) is 14.1. The van der Waals surface area contributed by atoms with Crippen molar-refractivity contribution in [1.82, 2.24) is 0 Å². The van der Waals surface area contributed by atoms with Gasteiger partial charge in [-0.1, -0.05) is 70.2 Å². The Bertz CT molecular complexity index is 797. The molecule has 26 heavy (non-hydrogen) atoms. The van der Waals surface area contributed by atoms with Crippen LogP contribution in [0.15, 0.2) is 36.4 Å². The zero-order valence-electron chi connectivity index (χ0n) is 16.1. The molecule has 0 spiro atoms. The molecule has 0 amide bonds. The molecule has 1 saturated carbocycles. The maximum Gasteiger partial charge on any atom is 0.0460 e. The molecule has 1 aromatic carbocycles. The second-order valence-electron chi connectivity index (χ2n) is 8.16. The third kappa shape index (κ3) is 4.23. The van der Waals surface area contributed by atoms with Gasteiger partial charge in [-0.25, -0.2) is 0 Å². The van der Waals surface area contributed by atoms with Crippen LogP contribution in [0.5, 0.6) is 0 Å². The molecule has 1 aliphatic carbocycles. The Balaban J connectivity index is 1.40. The number of rotatable bonds is 6. The molecule has 138 valence electrons. The number of hydrogen-bond acceptors (Lipinski definition) is 2. The molecule has 0 unspecified atom stereocenters. The normalized spacial score (nSPS) is 20.7. The van der Waals surface area contributed by atoms with Crippen molar-refractivity contribution < 1.29 is 0 Å². The minimum absolute atomic E-state index is 0.966. The number of benzene rings is 1. The summed E-state index contributed by atoms with van der Waals surface area (Å²) in [5, 5.41) is 0. The number of fused-ring (bicyclic) bond motifs is 1. The zero-order valence-corrected chi connectivity index (χ0v) is 17.7. The third-order valence-electron chi connectivity index (χ3n) is 5.97. The van der Waals surface area contributed by atoms with Gasteiger partial charge >= 0.3 is 0 Å². The fraction of sp³-hybridized carbons (Fsp3) is 0.500. The minimum atomic E-state index is 0.966. The van der Waals surface area contributed by atoms with Gasteiger partial charge in [0, 0.05) is 19.2 Å². The summed E-state index contributed by atoms with van der Waals surface area (Å²) >= 11 is 3.99. The van der Waals surface area contributed by atoms with E-state index < -0.39 is 0 Å². The molecule has 1 aliphatic rings. The Morgan fingerprint density at radius 1 is 0.885 bits per heavy atom. The molecule has 2 aromatic heterocycles. The highest BCUT2D eigenvalue weighted by atomic mass is 32.1. The maximum atomic E-state index is 2.46. The summed E-state index contributed by atoms with van der Waals surface area (Å²) in [7, 11) is 0. The predicted molar refractivity (Wildman–Crippen MR) is 119 cm³/mol. The van der Waals surface area contributed by atoms with Crippen molar-refractivity contribution in [2.24, 2.45) is 11.8 Å². The highest BCUT2D eigenvalue weighted by molar-refractivity contribution is 7.29. The lowest BCUT2D eigenvalue weighted by molar-refractivity contribution is 0.278. The number of thiophene rings is 2. The van der Waals surface area contributed by atoms with Crippen LogP contribution in [0.25, 0.3) is 19.8 Å². The molecule has 1 fully saturated rings. The van der Waals surface area contributed by atoms with Crippen LogP contribution in [-0.4, -0.2) is 0 Å². The van der Waals surface area contributed by atoms with E-state index in [2.05, 4.69) is 50.2 Å². The van der Waals surface area contributed by atoms with Crippen molar-refractivity contribution in [1.29, 1.82) is 0 Å². The number of aryl methyl sites for hydroxylation is 2. The SMILES string of the molecule is CCCc1ccc(-c2cc3sc(CCC4CCC(C)CC4)cc3s2)cc1. The molecule has 0 bridgehead atoms. The molecule has 3 aromatic rings. The second-order valence-corrected chi connectivity index (χ2v) is 10.4. The van der Waals surface area contributed by atoms with Crippen molar-refractivity contribution in [3.8, 4) is 10.4 Å². The van der Waals surface area contributed by atoms with Crippen LogP contribution in [-0.2, 0) is 12.8 Å². The van der Waals surface area contributed by atoms with E-state index in [9.17, 15) is 0 Å². The first kappa shape index (κ1) is 18.3. The lowest BCUT2D eigenvalue weighted by atomic mass is 9.81. The van der Waals surface area contributed by atoms with Crippen LogP contribution in [0.4, 0.5) is 0 Å². The zero-order chi connectivity index (χ0) is 17.9. The van der Waals surface area contributed by atoms with Crippen LogP contribution in [0.3, 0.4) is 0 Å². The topological polar surface area (TPSA) is 0 Å². The Hall–Kier alpha value is -1.12. The fourth-order valence-electron chi connectivity index (χ4n) is 4.24. The Morgan fingerprint density at radius 3 is 2.31 bits per heavy atom. The van der Waals surface area contributed by atoms with E-state index in [0.717, 1.165) is 11.8 Å². The second kappa shape index (κ2) is 8.27. The monoisotopic (exact) mass is 382 g/mol. The summed E-state index contributed by atoms with van der Waals surface area (Å²) in [6.45, 7) is 4.66. The van der Waals surface area contributed by atoms with Gasteiger partial charge in [0.2, 0.25) is 0 Å². The lowest BCUT2D eigenvalue weighted by Gasteiger charge is -2.25. The van der Waals surface area contributed by atoms with Crippen molar-refractivity contribution in [2.75, 3.05) is 0 Å². The molecule has 4 rings (SSSR count). The predicted octanol–water partition coefficient (Wildman–Crippen LogP) is 8.34. The van der Waals surface area contributed by atoms with Gasteiger partial charge in [0.1, 0.15) is 0 Å². The molecule has 0 radical (unpaired) electrons. The highest BCUT2D eigenvalue weighted by Crippen LogP contribution is 2.39. The van der Waals surface area contributed by atoms with Crippen molar-refractivity contribution in [2.45, 2.75) is 65.2 Å². The average Bonchev–Trinajstić information content (AvgIpc) is 3.21. The molecule has 0 aliphatic heterocycles. The minimum Gasteiger partial charge on any atom is -0.139 e. The van der Waals surface area contributed by atoms with Crippen molar-refractivity contribution in [3.63, 3.8) is 0 Å². The summed E-state index contributed by atoms with van der Waals surface area (Å²) < 4.78 is 2.96. The van der Waals surface area contributed by atoms with Gasteiger partial charge in [-0.2, -0.15) is 0 Å².